The Balaban J connectivity index is 1.05. The lowest BCUT2D eigenvalue weighted by molar-refractivity contribution is -0.136. The maximum Gasteiger partial charge on any atom is 0.407 e. The first-order valence-electron chi connectivity index (χ1n) is 22.2. The smallest absolute Gasteiger partial charge is 0.407 e. The number of H-pyrrole nitrogens is 2. The molecule has 65 heavy (non-hydrogen) atoms. The van der Waals surface area contributed by atoms with Crippen LogP contribution in [0.1, 0.15) is 88.4 Å². The summed E-state index contributed by atoms with van der Waals surface area (Å²) in [7, 11) is 4.51. The van der Waals surface area contributed by atoms with Crippen LogP contribution in [-0.2, 0) is 30.4 Å². The highest BCUT2D eigenvalue weighted by molar-refractivity contribution is 6.07. The Labute approximate surface area is 378 Å². The predicted molar refractivity (Wildman–Crippen MR) is 249 cm³/mol. The Hall–Kier alpha value is -6.74. The number of hydrogen-bond acceptors (Lipinski definition) is 10. The molecule has 6 aromatic rings. The minimum atomic E-state index is -0.798. The third-order valence-electron chi connectivity index (χ3n) is 12.6. The minimum absolute atomic E-state index is 0.0511. The summed E-state index contributed by atoms with van der Waals surface area (Å²) in [5.74, 6) is 2.17. The molecule has 0 spiro atoms. The van der Waals surface area contributed by atoms with Crippen LogP contribution in [0.2, 0.25) is 0 Å². The van der Waals surface area contributed by atoms with Gasteiger partial charge in [-0.1, -0.05) is 69.3 Å². The number of aromatic amines is 2. The number of aromatic nitrogens is 4. The number of methoxy groups -OCH3 is 3. The molecule has 4 heterocycles. The molecule has 2 aliphatic heterocycles. The Morgan fingerprint density at radius 3 is 2.51 bits per heavy atom. The van der Waals surface area contributed by atoms with E-state index in [4.69, 9.17) is 33.9 Å². The van der Waals surface area contributed by atoms with Gasteiger partial charge in [0.2, 0.25) is 5.91 Å². The van der Waals surface area contributed by atoms with Crippen LogP contribution < -0.4 is 10.1 Å². The Morgan fingerprint density at radius 2 is 1.77 bits per heavy atom. The van der Waals surface area contributed by atoms with E-state index in [1.54, 1.807) is 21.1 Å². The molecule has 2 aliphatic rings. The molecule has 0 aliphatic carbocycles. The summed E-state index contributed by atoms with van der Waals surface area (Å²) in [5.41, 5.74) is 7.33. The molecule has 3 N–H and O–H groups in total. The lowest BCUT2D eigenvalue weighted by atomic mass is 9.92. The number of imidazole rings is 2. The molecule has 0 bridgehead atoms. The number of nitrogens with one attached hydrogen (secondary N) is 3. The normalized spacial score (nSPS) is 16.7. The molecule has 0 saturated carbocycles. The largest absolute Gasteiger partial charge is 0.488 e. The molecule has 0 radical (unpaired) electrons. The van der Waals surface area contributed by atoms with Crippen LogP contribution >= 0.6 is 0 Å². The summed E-state index contributed by atoms with van der Waals surface area (Å²) >= 11 is 0. The van der Waals surface area contributed by atoms with Gasteiger partial charge in [0.05, 0.1) is 55.8 Å². The Morgan fingerprint density at radius 1 is 0.969 bits per heavy atom. The van der Waals surface area contributed by atoms with Crippen LogP contribution in [-0.4, -0.2) is 101 Å². The molecule has 2 aromatic heterocycles. The van der Waals surface area contributed by atoms with Crippen molar-refractivity contribution in [2.24, 2.45) is 16.8 Å². The summed E-state index contributed by atoms with van der Waals surface area (Å²) < 4.78 is 22.1. The first-order valence-corrected chi connectivity index (χ1v) is 22.2. The van der Waals surface area contributed by atoms with Crippen molar-refractivity contribution in [1.82, 2.24) is 35.1 Å². The SMILES string of the molecule is COCC(C)CN(C(=O)C(N=C(C)OC)c1ccccc1)C(C)c1ncc(-c2ccc3c(c2)COc2cc4c(ccc5[nH]c(C6CCCN6C(=O)C(NC(=O)OC)C(C)C)nc54)cc2-3)[nH]1. The molecular formula is C50H58N8O7. The van der Waals surface area contributed by atoms with Crippen LogP contribution in [0, 0.1) is 11.8 Å². The molecule has 5 atom stereocenters. The van der Waals surface area contributed by atoms with Crippen LogP contribution in [0.15, 0.2) is 84.0 Å². The van der Waals surface area contributed by atoms with Gasteiger partial charge in [0.1, 0.15) is 30.0 Å². The number of nitrogens with zero attached hydrogens (tertiary/aromatic N) is 5. The van der Waals surface area contributed by atoms with Gasteiger partial charge in [0.25, 0.3) is 5.91 Å². The number of fused-ring (bicyclic) bond motifs is 6. The number of rotatable bonds is 14. The van der Waals surface area contributed by atoms with E-state index in [-0.39, 0.29) is 29.7 Å². The van der Waals surface area contributed by atoms with E-state index in [9.17, 15) is 14.4 Å². The van der Waals surface area contributed by atoms with E-state index < -0.39 is 24.2 Å². The molecule has 1 fully saturated rings. The van der Waals surface area contributed by atoms with E-state index in [1.165, 1.54) is 7.11 Å². The van der Waals surface area contributed by atoms with Crippen molar-refractivity contribution in [3.8, 4) is 28.1 Å². The van der Waals surface area contributed by atoms with E-state index in [2.05, 4.69) is 58.6 Å². The lowest BCUT2D eigenvalue weighted by Crippen LogP contribution is -2.51. The third kappa shape index (κ3) is 9.15. The molecular weight excluding hydrogens is 825 g/mol. The standard InChI is InChI=1S/C50H58N8O7/c1-28(2)43(56-50(61)64-8)48(59)57-20-12-15-41(57)47-53-39-19-17-33-22-38-36-18-16-34(21-35(36)27-65-42(38)23-37(33)45(39)55-47)40-24-51-46(54-40)30(4)58(25-29(3)26-62-6)49(60)44(52-31(5)63-7)32-13-10-9-11-14-32/h9-11,13-14,16-19,21-24,28-30,41,43-44H,12,15,20,25-27H2,1-8H3,(H,51,54)(H,53,55)(H,56,61). The van der Waals surface area contributed by atoms with E-state index in [0.717, 1.165) is 79.7 Å². The fraction of sp³-hybridized carbons (Fsp3) is 0.400. The van der Waals surface area contributed by atoms with E-state index >= 15 is 0 Å². The summed E-state index contributed by atoms with van der Waals surface area (Å²) in [6.45, 7) is 11.5. The Kier molecular flexibility index (Phi) is 13.2. The van der Waals surface area contributed by atoms with Gasteiger partial charge in [-0.25, -0.2) is 19.8 Å². The van der Waals surface area contributed by atoms with Gasteiger partial charge < -0.3 is 44.0 Å². The average molecular weight is 883 g/mol. The van der Waals surface area contributed by atoms with Crippen molar-refractivity contribution in [3.63, 3.8) is 0 Å². The maximum atomic E-state index is 14.5. The second-order valence-corrected chi connectivity index (χ2v) is 17.4. The van der Waals surface area contributed by atoms with Crippen molar-refractivity contribution in [3.05, 3.63) is 102 Å². The number of likely N-dealkylation sites (tertiary alicyclic amines) is 1. The van der Waals surface area contributed by atoms with Gasteiger partial charge >= 0.3 is 6.09 Å². The van der Waals surface area contributed by atoms with Gasteiger partial charge in [-0.05, 0) is 83.5 Å². The fourth-order valence-electron chi connectivity index (χ4n) is 9.08. The quantitative estimate of drug-likeness (QED) is 0.0714. The predicted octanol–water partition coefficient (Wildman–Crippen LogP) is 8.69. The first kappa shape index (κ1) is 44.9. The Bertz CT molecular complexity index is 2730. The lowest BCUT2D eigenvalue weighted by Gasteiger charge is -2.32. The molecule has 340 valence electrons. The molecule has 3 amide bonds. The van der Waals surface area contributed by atoms with Crippen LogP contribution in [0.5, 0.6) is 5.75 Å². The first-order chi connectivity index (χ1) is 31.4. The van der Waals surface area contributed by atoms with Crippen LogP contribution in [0.25, 0.3) is 44.2 Å². The number of carbonyl (C=O) groups is 3. The van der Waals surface area contributed by atoms with E-state index in [0.29, 0.717) is 38.0 Å². The number of aliphatic imine (C=N–C) groups is 1. The number of benzene rings is 4. The van der Waals surface area contributed by atoms with Crippen molar-refractivity contribution >= 4 is 45.6 Å². The number of alkyl carbamates (subject to hydrolysis) is 1. The highest BCUT2D eigenvalue weighted by Gasteiger charge is 2.38. The number of hydrogen-bond donors (Lipinski definition) is 3. The second-order valence-electron chi connectivity index (χ2n) is 17.4. The fourth-order valence-corrected chi connectivity index (χ4v) is 9.08. The second kappa shape index (κ2) is 19.2. The van der Waals surface area contributed by atoms with Crippen LogP contribution in [0.3, 0.4) is 0 Å². The average Bonchev–Trinajstić information content (AvgIpc) is 4.11. The molecule has 15 heteroatoms. The number of ether oxygens (including phenoxy) is 4. The highest BCUT2D eigenvalue weighted by atomic mass is 16.5. The van der Waals surface area contributed by atoms with Crippen LogP contribution in [0.4, 0.5) is 4.79 Å². The topological polar surface area (TPSA) is 176 Å². The molecule has 8 rings (SSSR count). The number of amides is 3. The summed E-state index contributed by atoms with van der Waals surface area (Å²) in [6, 6.07) is 22.0. The molecule has 4 aromatic carbocycles. The molecule has 15 nitrogen and oxygen atoms in total. The monoisotopic (exact) mass is 882 g/mol. The number of carbonyl (C=O) groups excluding carboxylic acids is 3. The summed E-state index contributed by atoms with van der Waals surface area (Å²) in [6.07, 6.45) is 2.77. The van der Waals surface area contributed by atoms with Crippen molar-refractivity contribution in [2.45, 2.75) is 78.2 Å². The van der Waals surface area contributed by atoms with Crippen molar-refractivity contribution in [1.29, 1.82) is 0 Å². The zero-order valence-corrected chi connectivity index (χ0v) is 38.3. The molecule has 1 saturated heterocycles. The summed E-state index contributed by atoms with van der Waals surface area (Å²) in [5, 5.41) is 4.69. The minimum Gasteiger partial charge on any atom is -0.488 e. The van der Waals surface area contributed by atoms with E-state index in [1.807, 2.05) is 73.2 Å². The van der Waals surface area contributed by atoms with Gasteiger partial charge in [0, 0.05) is 38.1 Å². The maximum absolute atomic E-state index is 14.5. The zero-order valence-electron chi connectivity index (χ0n) is 38.3. The third-order valence-corrected chi connectivity index (χ3v) is 12.6. The van der Waals surface area contributed by atoms with Crippen molar-refractivity contribution in [2.75, 3.05) is 41.0 Å². The zero-order chi connectivity index (χ0) is 45.9. The summed E-state index contributed by atoms with van der Waals surface area (Å²) in [4.78, 5) is 65.7. The van der Waals surface area contributed by atoms with Gasteiger partial charge in [0.15, 0.2) is 11.9 Å². The molecule has 5 unspecified atom stereocenters. The van der Waals surface area contributed by atoms with Gasteiger partial charge in [-0.15, -0.1) is 0 Å². The van der Waals surface area contributed by atoms with Gasteiger partial charge in [-0.2, -0.15) is 0 Å². The van der Waals surface area contributed by atoms with Gasteiger partial charge in [-0.3, -0.25) is 9.59 Å². The van der Waals surface area contributed by atoms with Crippen molar-refractivity contribution < 1.29 is 33.3 Å². The highest BCUT2D eigenvalue weighted by Crippen LogP contribution is 2.43.